The van der Waals surface area contributed by atoms with Crippen LogP contribution in [0.15, 0.2) is 53.1 Å². The first-order chi connectivity index (χ1) is 13.8. The van der Waals surface area contributed by atoms with Crippen molar-refractivity contribution in [1.82, 2.24) is 4.98 Å². The molecule has 0 amide bonds. The van der Waals surface area contributed by atoms with E-state index in [1.807, 2.05) is 49.9 Å². The fraction of sp³-hybridized carbons (Fsp3) is 0.227. The number of benzene rings is 2. The standard InChI is InChI=1S/C22H21N3O/c1-13-9-10-14(2)18(11-13)25-15(3)24(4)20-21-17(12-23-22(20)25)16-7-5-6-8-19(16)26-21/h5-12,15H,1-4H3/t15-/m0/s1/i4D3. The summed E-state index contributed by atoms with van der Waals surface area (Å²) < 4.78 is 30.8. The van der Waals surface area contributed by atoms with Crippen molar-refractivity contribution in [3.05, 3.63) is 59.8 Å². The van der Waals surface area contributed by atoms with Crippen LogP contribution in [-0.4, -0.2) is 18.1 Å². The van der Waals surface area contributed by atoms with Gasteiger partial charge in [-0.25, -0.2) is 4.98 Å². The Hall–Kier alpha value is -3.01. The summed E-state index contributed by atoms with van der Waals surface area (Å²) in [6.07, 6.45) is 1.35. The fourth-order valence-electron chi connectivity index (χ4n) is 3.82. The van der Waals surface area contributed by atoms with E-state index in [0.29, 0.717) is 17.1 Å². The van der Waals surface area contributed by atoms with E-state index in [9.17, 15) is 0 Å². The smallest absolute Gasteiger partial charge is 0.164 e. The number of nitrogens with zero attached hydrogens (tertiary/aromatic N) is 3. The van der Waals surface area contributed by atoms with Gasteiger partial charge in [-0.1, -0.05) is 30.3 Å². The third-order valence-corrected chi connectivity index (χ3v) is 5.22. The zero-order chi connectivity index (χ0) is 20.5. The lowest BCUT2D eigenvalue weighted by Crippen LogP contribution is -2.36. The van der Waals surface area contributed by atoms with Gasteiger partial charge in [0.1, 0.15) is 17.4 Å². The van der Waals surface area contributed by atoms with Gasteiger partial charge in [0.2, 0.25) is 0 Å². The lowest BCUT2D eigenvalue weighted by atomic mass is 10.1. The second kappa shape index (κ2) is 5.24. The molecule has 0 radical (unpaired) electrons. The van der Waals surface area contributed by atoms with Crippen LogP contribution in [0.4, 0.5) is 17.2 Å². The number of para-hydroxylation sites is 1. The quantitative estimate of drug-likeness (QED) is 0.453. The van der Waals surface area contributed by atoms with Gasteiger partial charge in [-0.2, -0.15) is 0 Å². The number of fused-ring (bicyclic) bond motifs is 5. The molecule has 4 nitrogen and oxygen atoms in total. The molecule has 0 unspecified atom stereocenters. The molecule has 5 rings (SSSR count). The molecular formula is C22H21N3O. The highest BCUT2D eigenvalue weighted by molar-refractivity contribution is 6.11. The molecule has 0 spiro atoms. The van der Waals surface area contributed by atoms with Crippen LogP contribution < -0.4 is 9.80 Å². The first-order valence-corrected chi connectivity index (χ1v) is 8.73. The number of aromatic nitrogens is 1. The number of hydrogen-bond donors (Lipinski definition) is 0. The van der Waals surface area contributed by atoms with Gasteiger partial charge >= 0.3 is 0 Å². The van der Waals surface area contributed by atoms with Crippen LogP contribution in [0.2, 0.25) is 0 Å². The summed E-state index contributed by atoms with van der Waals surface area (Å²) >= 11 is 0. The Morgan fingerprint density at radius 1 is 1.12 bits per heavy atom. The van der Waals surface area contributed by atoms with Gasteiger partial charge in [0, 0.05) is 33.7 Å². The molecular weight excluding hydrogens is 322 g/mol. The molecule has 0 saturated carbocycles. The van der Waals surface area contributed by atoms with Crippen molar-refractivity contribution in [3.8, 4) is 0 Å². The van der Waals surface area contributed by atoms with Gasteiger partial charge in [-0.15, -0.1) is 0 Å². The lowest BCUT2D eigenvalue weighted by Gasteiger charge is -2.28. The van der Waals surface area contributed by atoms with Gasteiger partial charge in [0.15, 0.2) is 11.4 Å². The molecule has 0 aliphatic carbocycles. The number of hydrogen-bond acceptors (Lipinski definition) is 4. The van der Waals surface area contributed by atoms with Crippen molar-refractivity contribution >= 4 is 39.1 Å². The van der Waals surface area contributed by atoms with Crippen molar-refractivity contribution in [2.45, 2.75) is 26.9 Å². The predicted molar refractivity (Wildman–Crippen MR) is 107 cm³/mol. The van der Waals surface area contributed by atoms with E-state index in [1.165, 1.54) is 4.90 Å². The summed E-state index contributed by atoms with van der Waals surface area (Å²) in [7, 11) is 0. The maximum atomic E-state index is 8.21. The van der Waals surface area contributed by atoms with Crippen LogP contribution in [0.25, 0.3) is 21.9 Å². The SMILES string of the molecule is [2H]C([2H])([2H])N1c2c(ncc3c2oc2ccccc23)N(c2cc(C)ccc2C)[C@H]1C. The van der Waals surface area contributed by atoms with E-state index in [-0.39, 0.29) is 0 Å². The highest BCUT2D eigenvalue weighted by Crippen LogP contribution is 2.48. The molecule has 1 atom stereocenters. The lowest BCUT2D eigenvalue weighted by molar-refractivity contribution is 0.664. The average Bonchev–Trinajstić information content (AvgIpc) is 3.18. The summed E-state index contributed by atoms with van der Waals surface area (Å²) in [5.74, 6) is 0.605. The zero-order valence-corrected chi connectivity index (χ0v) is 14.9. The fourth-order valence-corrected chi connectivity index (χ4v) is 3.82. The second-order valence-corrected chi connectivity index (χ2v) is 6.93. The third kappa shape index (κ3) is 1.93. The van der Waals surface area contributed by atoms with E-state index >= 15 is 0 Å². The minimum atomic E-state index is -2.34. The molecule has 2 aromatic heterocycles. The minimum absolute atomic E-state index is 0.440. The first kappa shape index (κ1) is 12.4. The van der Waals surface area contributed by atoms with Crippen LogP contribution in [0, 0.1) is 13.8 Å². The van der Waals surface area contributed by atoms with Crippen molar-refractivity contribution < 1.29 is 8.53 Å². The van der Waals surface area contributed by atoms with Gasteiger partial charge in [-0.05, 0) is 44.0 Å². The summed E-state index contributed by atoms with van der Waals surface area (Å²) in [6, 6.07) is 13.9. The van der Waals surface area contributed by atoms with E-state index in [1.54, 1.807) is 6.20 Å². The maximum absolute atomic E-state index is 8.21. The Kier molecular flexibility index (Phi) is 2.49. The molecule has 0 saturated heterocycles. The number of rotatable bonds is 1. The van der Waals surface area contributed by atoms with E-state index in [4.69, 9.17) is 13.5 Å². The third-order valence-electron chi connectivity index (χ3n) is 5.22. The molecule has 4 heteroatoms. The van der Waals surface area contributed by atoms with Crippen molar-refractivity contribution in [2.75, 3.05) is 16.8 Å². The summed E-state index contributed by atoms with van der Waals surface area (Å²) in [4.78, 5) is 8.17. The average molecular weight is 346 g/mol. The molecule has 130 valence electrons. The Bertz CT molecular complexity index is 1260. The summed E-state index contributed by atoms with van der Waals surface area (Å²) in [5, 5.41) is 1.75. The predicted octanol–water partition coefficient (Wildman–Crippen LogP) is 5.53. The molecule has 1 aliphatic rings. The van der Waals surface area contributed by atoms with Crippen LogP contribution in [-0.2, 0) is 0 Å². The van der Waals surface area contributed by atoms with Crippen molar-refractivity contribution in [1.29, 1.82) is 0 Å². The first-order valence-electron chi connectivity index (χ1n) is 10.2. The minimum Gasteiger partial charge on any atom is -0.454 e. The van der Waals surface area contributed by atoms with Crippen molar-refractivity contribution in [2.24, 2.45) is 0 Å². The maximum Gasteiger partial charge on any atom is 0.164 e. The highest BCUT2D eigenvalue weighted by Gasteiger charge is 2.36. The number of aryl methyl sites for hydroxylation is 2. The number of anilines is 3. The van der Waals surface area contributed by atoms with Crippen molar-refractivity contribution in [3.63, 3.8) is 0 Å². The Labute approximate surface area is 156 Å². The Balaban J connectivity index is 1.85. The zero-order valence-electron chi connectivity index (χ0n) is 17.9. The largest absolute Gasteiger partial charge is 0.454 e. The van der Waals surface area contributed by atoms with Gasteiger partial charge in [-0.3, -0.25) is 0 Å². The molecule has 3 heterocycles. The topological polar surface area (TPSA) is 32.5 Å². The molecule has 4 aromatic rings. The molecule has 0 N–H and O–H groups in total. The van der Waals surface area contributed by atoms with Crippen LogP contribution in [0.3, 0.4) is 0 Å². The molecule has 0 fully saturated rings. The molecule has 2 aromatic carbocycles. The molecule has 0 bridgehead atoms. The normalized spacial score (nSPS) is 18.9. The van der Waals surface area contributed by atoms with Gasteiger partial charge in [0.05, 0.1) is 0 Å². The van der Waals surface area contributed by atoms with E-state index < -0.39 is 13.1 Å². The Morgan fingerprint density at radius 2 is 1.96 bits per heavy atom. The second-order valence-electron chi connectivity index (χ2n) is 6.93. The number of furan rings is 1. The monoisotopic (exact) mass is 346 g/mol. The molecule has 1 aliphatic heterocycles. The van der Waals surface area contributed by atoms with E-state index in [2.05, 4.69) is 18.2 Å². The van der Waals surface area contributed by atoms with E-state index in [0.717, 1.165) is 33.2 Å². The van der Waals surface area contributed by atoms with Crippen LogP contribution in [0.1, 0.15) is 22.2 Å². The highest BCUT2D eigenvalue weighted by atomic mass is 16.3. The molecule has 26 heavy (non-hydrogen) atoms. The van der Waals surface area contributed by atoms with Crippen LogP contribution >= 0.6 is 0 Å². The summed E-state index contributed by atoms with van der Waals surface area (Å²) in [5.41, 5.74) is 4.93. The van der Waals surface area contributed by atoms with Crippen LogP contribution in [0.5, 0.6) is 0 Å². The Morgan fingerprint density at radius 3 is 2.81 bits per heavy atom. The van der Waals surface area contributed by atoms with Gasteiger partial charge < -0.3 is 14.2 Å². The number of pyridine rings is 1. The van der Waals surface area contributed by atoms with Gasteiger partial charge in [0.25, 0.3) is 0 Å². The summed E-state index contributed by atoms with van der Waals surface area (Å²) in [6.45, 7) is 3.61.